The maximum atomic E-state index is 12.9. The van der Waals surface area contributed by atoms with Gasteiger partial charge in [-0.05, 0) is 81.2 Å². The van der Waals surface area contributed by atoms with Crippen LogP contribution in [0.1, 0.15) is 73.7 Å². The quantitative estimate of drug-likeness (QED) is 0.600. The molecule has 1 N–H and O–H groups in total. The van der Waals surface area contributed by atoms with Crippen molar-refractivity contribution in [1.82, 2.24) is 15.1 Å². The normalized spacial score (nSPS) is 29.7. The van der Waals surface area contributed by atoms with E-state index in [1.54, 1.807) is 4.90 Å². The summed E-state index contributed by atoms with van der Waals surface area (Å²) in [6.45, 7) is 3.30. The van der Waals surface area contributed by atoms with Crippen LogP contribution >= 0.6 is 0 Å². The molecule has 1 aromatic rings. The number of piperidine rings is 2. The van der Waals surface area contributed by atoms with Crippen molar-refractivity contribution in [2.45, 2.75) is 82.5 Å². The highest BCUT2D eigenvalue weighted by Gasteiger charge is 2.39. The van der Waals surface area contributed by atoms with Gasteiger partial charge in [-0.25, -0.2) is 0 Å². The summed E-state index contributed by atoms with van der Waals surface area (Å²) in [7, 11) is 1.82. The van der Waals surface area contributed by atoms with Crippen LogP contribution in [0.15, 0.2) is 18.2 Å². The van der Waals surface area contributed by atoms with Crippen LogP contribution in [0.2, 0.25) is 0 Å². The maximum Gasteiger partial charge on any atom is 0.255 e. The Morgan fingerprint density at radius 1 is 1.03 bits per heavy atom. The molecule has 5 rings (SSSR count). The lowest BCUT2D eigenvalue weighted by atomic mass is 9.86. The second kappa shape index (κ2) is 10.7. The summed E-state index contributed by atoms with van der Waals surface area (Å²) in [4.78, 5) is 40.9. The highest BCUT2D eigenvalue weighted by atomic mass is 16.5. The second-order valence-electron chi connectivity index (χ2n) is 10.6. The fraction of sp³-hybridized carbons (Fsp3) is 0.667. The molecule has 2 atom stereocenters. The molecule has 3 fully saturated rings. The summed E-state index contributed by atoms with van der Waals surface area (Å²) in [6, 6.07) is 5.44. The Kier molecular flexibility index (Phi) is 7.39. The number of amides is 3. The van der Waals surface area contributed by atoms with E-state index in [2.05, 4.69) is 10.2 Å². The molecule has 2 saturated heterocycles. The Labute approximate surface area is 207 Å². The number of rotatable bonds is 7. The molecule has 1 aliphatic carbocycles. The van der Waals surface area contributed by atoms with Gasteiger partial charge in [0.15, 0.2) is 0 Å². The first-order valence-corrected chi connectivity index (χ1v) is 13.2. The molecule has 8 nitrogen and oxygen atoms in total. The van der Waals surface area contributed by atoms with E-state index in [1.807, 2.05) is 25.3 Å². The Balaban J connectivity index is 1.17. The Morgan fingerprint density at radius 2 is 1.86 bits per heavy atom. The number of carbonyl (C=O) groups excluding carboxylic acids is 3. The average molecular weight is 484 g/mol. The SMILES string of the molecule is COC1CCC(CN2CCCC[C@@H]2COc2ccc3c(c2)CN([C@@H]2CCC(=O)NC2=O)C3=O)CC1. The topological polar surface area (TPSA) is 88.2 Å². The lowest BCUT2D eigenvalue weighted by Gasteiger charge is -2.39. The molecule has 3 amide bonds. The third-order valence-electron chi connectivity index (χ3n) is 8.31. The third-order valence-corrected chi connectivity index (χ3v) is 8.31. The molecular weight excluding hydrogens is 446 g/mol. The zero-order valence-electron chi connectivity index (χ0n) is 20.7. The Bertz CT molecular complexity index is 958. The lowest BCUT2D eigenvalue weighted by Crippen LogP contribution is -2.52. The van der Waals surface area contributed by atoms with Gasteiger partial charge in [-0.3, -0.25) is 24.6 Å². The number of methoxy groups -OCH3 is 1. The smallest absolute Gasteiger partial charge is 0.255 e. The number of carbonyl (C=O) groups is 3. The number of ether oxygens (including phenoxy) is 2. The Hall–Kier alpha value is -2.45. The van der Waals surface area contributed by atoms with Gasteiger partial charge >= 0.3 is 0 Å². The minimum absolute atomic E-state index is 0.150. The molecular formula is C27H37N3O5. The third kappa shape index (κ3) is 5.38. The van der Waals surface area contributed by atoms with E-state index < -0.39 is 6.04 Å². The minimum atomic E-state index is -0.591. The van der Waals surface area contributed by atoms with Gasteiger partial charge in [0, 0.05) is 38.2 Å². The van der Waals surface area contributed by atoms with E-state index >= 15 is 0 Å². The highest BCUT2D eigenvalue weighted by molar-refractivity contribution is 6.05. The summed E-state index contributed by atoms with van der Waals surface area (Å²) in [5.41, 5.74) is 1.50. The first-order valence-electron chi connectivity index (χ1n) is 13.2. The van der Waals surface area contributed by atoms with Gasteiger partial charge in [-0.1, -0.05) is 6.42 Å². The molecule has 0 unspecified atom stereocenters. The van der Waals surface area contributed by atoms with Crippen LogP contribution in [-0.2, 0) is 20.9 Å². The van der Waals surface area contributed by atoms with Crippen molar-refractivity contribution in [3.8, 4) is 5.75 Å². The van der Waals surface area contributed by atoms with Gasteiger partial charge in [-0.2, -0.15) is 0 Å². The van der Waals surface area contributed by atoms with E-state index in [1.165, 1.54) is 38.5 Å². The van der Waals surface area contributed by atoms with E-state index in [4.69, 9.17) is 9.47 Å². The zero-order chi connectivity index (χ0) is 24.4. The van der Waals surface area contributed by atoms with Gasteiger partial charge in [0.05, 0.1) is 6.10 Å². The van der Waals surface area contributed by atoms with E-state index in [0.29, 0.717) is 37.3 Å². The monoisotopic (exact) mass is 483 g/mol. The summed E-state index contributed by atoms with van der Waals surface area (Å²) >= 11 is 0. The van der Waals surface area contributed by atoms with Crippen LogP contribution in [-0.4, -0.2) is 72.5 Å². The fourth-order valence-electron chi connectivity index (χ4n) is 6.20. The standard InChI is InChI=1S/C27H37N3O5/c1-34-21-7-5-18(6-8-21)15-29-13-3-2-4-20(29)17-35-22-9-10-23-19(14-22)16-30(27(23)33)24-11-12-25(31)28-26(24)32/h9-10,14,18,20-21,24H,2-8,11-13,15-17H2,1H3,(H,28,31,32)/t18?,20-,21?,24-/m1/s1. The van der Waals surface area contributed by atoms with Crippen LogP contribution in [0.3, 0.4) is 0 Å². The molecule has 0 spiro atoms. The molecule has 0 radical (unpaired) electrons. The van der Waals surface area contributed by atoms with Crippen LogP contribution in [0.4, 0.5) is 0 Å². The van der Waals surface area contributed by atoms with Crippen molar-refractivity contribution in [3.05, 3.63) is 29.3 Å². The molecule has 1 aromatic carbocycles. The van der Waals surface area contributed by atoms with Crippen LogP contribution in [0.5, 0.6) is 5.75 Å². The van der Waals surface area contributed by atoms with E-state index in [-0.39, 0.29) is 24.1 Å². The van der Waals surface area contributed by atoms with Gasteiger partial charge in [-0.15, -0.1) is 0 Å². The molecule has 190 valence electrons. The van der Waals surface area contributed by atoms with Crippen LogP contribution in [0, 0.1) is 5.92 Å². The average Bonchev–Trinajstić information content (AvgIpc) is 3.19. The molecule has 3 aliphatic heterocycles. The van der Waals surface area contributed by atoms with Gasteiger partial charge < -0.3 is 14.4 Å². The molecule has 8 heteroatoms. The Morgan fingerprint density at radius 3 is 2.63 bits per heavy atom. The summed E-state index contributed by atoms with van der Waals surface area (Å²) in [5.74, 6) is 0.708. The number of likely N-dealkylation sites (tertiary alicyclic amines) is 1. The number of fused-ring (bicyclic) bond motifs is 1. The molecule has 1 saturated carbocycles. The van der Waals surface area contributed by atoms with Crippen molar-refractivity contribution in [1.29, 1.82) is 0 Å². The van der Waals surface area contributed by atoms with Crippen molar-refractivity contribution >= 4 is 17.7 Å². The highest BCUT2D eigenvalue weighted by Crippen LogP contribution is 2.32. The number of hydrogen-bond donors (Lipinski definition) is 1. The second-order valence-corrected chi connectivity index (χ2v) is 10.6. The molecule has 35 heavy (non-hydrogen) atoms. The van der Waals surface area contributed by atoms with Gasteiger partial charge in [0.2, 0.25) is 11.8 Å². The van der Waals surface area contributed by atoms with Gasteiger partial charge in [0.1, 0.15) is 18.4 Å². The van der Waals surface area contributed by atoms with E-state index in [9.17, 15) is 14.4 Å². The van der Waals surface area contributed by atoms with Crippen molar-refractivity contribution < 1.29 is 23.9 Å². The largest absolute Gasteiger partial charge is 0.492 e. The van der Waals surface area contributed by atoms with Crippen molar-refractivity contribution in [3.63, 3.8) is 0 Å². The summed E-state index contributed by atoms with van der Waals surface area (Å²) in [6.07, 6.45) is 9.52. The molecule has 0 aromatic heterocycles. The van der Waals surface area contributed by atoms with Crippen molar-refractivity contribution in [2.24, 2.45) is 5.92 Å². The number of nitrogens with zero attached hydrogens (tertiary/aromatic N) is 2. The molecule has 3 heterocycles. The van der Waals surface area contributed by atoms with Crippen LogP contribution in [0.25, 0.3) is 0 Å². The van der Waals surface area contributed by atoms with Crippen LogP contribution < -0.4 is 10.1 Å². The van der Waals surface area contributed by atoms with Gasteiger partial charge in [0.25, 0.3) is 5.91 Å². The lowest BCUT2D eigenvalue weighted by molar-refractivity contribution is -0.136. The zero-order valence-corrected chi connectivity index (χ0v) is 20.7. The number of hydrogen-bond acceptors (Lipinski definition) is 6. The van der Waals surface area contributed by atoms with Crippen molar-refractivity contribution in [2.75, 3.05) is 26.8 Å². The maximum absolute atomic E-state index is 12.9. The number of nitrogens with one attached hydrogen (secondary N) is 1. The number of imide groups is 1. The molecule has 0 bridgehead atoms. The molecule has 4 aliphatic rings. The number of benzene rings is 1. The summed E-state index contributed by atoms with van der Waals surface area (Å²) in [5, 5.41) is 2.35. The summed E-state index contributed by atoms with van der Waals surface area (Å²) < 4.78 is 11.8. The first-order chi connectivity index (χ1) is 17.0. The fourth-order valence-corrected chi connectivity index (χ4v) is 6.20. The minimum Gasteiger partial charge on any atom is -0.492 e. The first kappa shape index (κ1) is 24.3. The predicted molar refractivity (Wildman–Crippen MR) is 130 cm³/mol. The predicted octanol–water partition coefficient (Wildman–Crippen LogP) is 2.89. The van der Waals surface area contributed by atoms with E-state index in [0.717, 1.165) is 36.7 Å².